The van der Waals surface area contributed by atoms with Crippen LogP contribution in [0.2, 0.25) is 0 Å². The second-order valence-corrected chi connectivity index (χ2v) is 9.09. The molecule has 1 fully saturated rings. The molecule has 0 bridgehead atoms. The molecule has 170 valence electrons. The smallest absolute Gasteiger partial charge is 0.123 e. The third kappa shape index (κ3) is 4.35. The quantitative estimate of drug-likeness (QED) is 0.400. The van der Waals surface area contributed by atoms with Crippen molar-refractivity contribution < 1.29 is 34.7 Å². The van der Waals surface area contributed by atoms with Gasteiger partial charge in [-0.05, 0) is 59.5 Å². The molecule has 1 aromatic heterocycles. The molecule has 32 heavy (non-hydrogen) atoms. The Morgan fingerprint density at radius 3 is 2.38 bits per heavy atom. The highest BCUT2D eigenvalue weighted by Gasteiger charge is 2.44. The molecule has 3 aromatic rings. The second-order valence-electron chi connectivity index (χ2n) is 7.98. The number of benzene rings is 2. The Labute approximate surface area is 188 Å². The van der Waals surface area contributed by atoms with E-state index in [9.17, 15) is 29.9 Å². The lowest BCUT2D eigenvalue weighted by molar-refractivity contribution is -0.231. The van der Waals surface area contributed by atoms with Crippen molar-refractivity contribution in [1.82, 2.24) is 0 Å². The highest BCUT2D eigenvalue weighted by atomic mass is 32.1. The van der Waals surface area contributed by atoms with Gasteiger partial charge in [0.25, 0.3) is 0 Å². The summed E-state index contributed by atoms with van der Waals surface area (Å²) in [6.07, 6.45) is -7.24. The first-order valence-electron chi connectivity index (χ1n) is 10.2. The van der Waals surface area contributed by atoms with Gasteiger partial charge >= 0.3 is 0 Å². The van der Waals surface area contributed by atoms with Gasteiger partial charge in [-0.2, -0.15) is 0 Å². The van der Waals surface area contributed by atoms with Crippen LogP contribution in [-0.4, -0.2) is 56.6 Å². The van der Waals surface area contributed by atoms with E-state index in [2.05, 4.69) is 0 Å². The van der Waals surface area contributed by atoms with Crippen LogP contribution in [0.25, 0.3) is 10.4 Å². The van der Waals surface area contributed by atoms with E-state index in [0.29, 0.717) is 16.0 Å². The van der Waals surface area contributed by atoms with Gasteiger partial charge in [-0.3, -0.25) is 0 Å². The van der Waals surface area contributed by atoms with Crippen LogP contribution in [-0.2, 0) is 4.74 Å². The standard InChI is InChI=1S/C24H25FO6S/c1-12-2-3-14(24-23(30)22(29)21(28)17(11-26)31-24)10-16(12)20(27)19-9-8-18(32-19)13-4-6-15(25)7-5-13/h2-10,17,20-24,26-30H,11H2,1H3/t17-,20?,21-,22+,23-,24+/m1/s1. The fourth-order valence-electron chi connectivity index (χ4n) is 3.93. The number of ether oxygens (including phenoxy) is 1. The molecule has 6 atom stereocenters. The summed E-state index contributed by atoms with van der Waals surface area (Å²) in [7, 11) is 0. The van der Waals surface area contributed by atoms with Crippen molar-refractivity contribution in [3.05, 3.63) is 82.0 Å². The lowest BCUT2D eigenvalue weighted by Gasteiger charge is -2.40. The molecule has 1 saturated heterocycles. The summed E-state index contributed by atoms with van der Waals surface area (Å²) in [5, 5.41) is 51.1. The van der Waals surface area contributed by atoms with Crippen molar-refractivity contribution in [2.75, 3.05) is 6.61 Å². The zero-order valence-electron chi connectivity index (χ0n) is 17.3. The molecular formula is C24H25FO6S. The van der Waals surface area contributed by atoms with E-state index in [1.54, 1.807) is 30.3 Å². The zero-order valence-corrected chi connectivity index (χ0v) is 18.1. The maximum Gasteiger partial charge on any atom is 0.123 e. The van der Waals surface area contributed by atoms with Gasteiger partial charge < -0.3 is 30.3 Å². The first-order valence-corrected chi connectivity index (χ1v) is 11.1. The van der Waals surface area contributed by atoms with Crippen molar-refractivity contribution in [2.24, 2.45) is 0 Å². The lowest BCUT2D eigenvalue weighted by atomic mass is 9.89. The topological polar surface area (TPSA) is 110 Å². The number of aliphatic hydroxyl groups excluding tert-OH is 5. The van der Waals surface area contributed by atoms with Crippen molar-refractivity contribution in [1.29, 1.82) is 0 Å². The summed E-state index contributed by atoms with van der Waals surface area (Å²) >= 11 is 1.39. The molecule has 4 rings (SSSR count). The van der Waals surface area contributed by atoms with Crippen LogP contribution in [0.1, 0.15) is 33.8 Å². The summed E-state index contributed by atoms with van der Waals surface area (Å²) in [5.41, 5.74) is 2.79. The van der Waals surface area contributed by atoms with Crippen LogP contribution in [0.5, 0.6) is 0 Å². The number of hydrogen-bond acceptors (Lipinski definition) is 7. The molecule has 5 N–H and O–H groups in total. The third-order valence-electron chi connectivity index (χ3n) is 5.84. The summed E-state index contributed by atoms with van der Waals surface area (Å²) in [5.74, 6) is -0.314. The summed E-state index contributed by atoms with van der Waals surface area (Å²) in [6.45, 7) is 1.34. The van der Waals surface area contributed by atoms with Crippen LogP contribution in [0.15, 0.2) is 54.6 Å². The van der Waals surface area contributed by atoms with Gasteiger partial charge in [0.15, 0.2) is 0 Å². The number of rotatable bonds is 5. The number of hydrogen-bond donors (Lipinski definition) is 5. The van der Waals surface area contributed by atoms with Crippen LogP contribution in [0, 0.1) is 12.7 Å². The summed E-state index contributed by atoms with van der Waals surface area (Å²) < 4.78 is 18.9. The minimum Gasteiger partial charge on any atom is -0.394 e. The van der Waals surface area contributed by atoms with Crippen LogP contribution >= 0.6 is 11.3 Å². The Morgan fingerprint density at radius 2 is 1.69 bits per heavy atom. The lowest BCUT2D eigenvalue weighted by Crippen LogP contribution is -2.55. The van der Waals surface area contributed by atoms with Gasteiger partial charge in [-0.25, -0.2) is 4.39 Å². The molecule has 1 unspecified atom stereocenters. The average molecular weight is 461 g/mol. The molecule has 2 aromatic carbocycles. The van der Waals surface area contributed by atoms with E-state index in [0.717, 1.165) is 16.0 Å². The van der Waals surface area contributed by atoms with E-state index in [4.69, 9.17) is 4.74 Å². The molecule has 1 aliphatic rings. The van der Waals surface area contributed by atoms with Gasteiger partial charge in [0, 0.05) is 9.75 Å². The van der Waals surface area contributed by atoms with Crippen molar-refractivity contribution in [2.45, 2.75) is 43.5 Å². The zero-order chi connectivity index (χ0) is 23.0. The molecule has 8 heteroatoms. The molecule has 1 aliphatic heterocycles. The third-order valence-corrected chi connectivity index (χ3v) is 7.03. The highest BCUT2D eigenvalue weighted by Crippen LogP contribution is 2.38. The van der Waals surface area contributed by atoms with E-state index >= 15 is 0 Å². The van der Waals surface area contributed by atoms with Crippen molar-refractivity contribution >= 4 is 11.3 Å². The van der Waals surface area contributed by atoms with Gasteiger partial charge in [0.2, 0.25) is 0 Å². The van der Waals surface area contributed by atoms with Crippen molar-refractivity contribution in [3.63, 3.8) is 0 Å². The van der Waals surface area contributed by atoms with Crippen LogP contribution < -0.4 is 0 Å². The van der Waals surface area contributed by atoms with E-state index in [1.165, 1.54) is 23.5 Å². The molecule has 6 nitrogen and oxygen atoms in total. The summed E-state index contributed by atoms with van der Waals surface area (Å²) in [6, 6.07) is 15.0. The largest absolute Gasteiger partial charge is 0.394 e. The predicted octanol–water partition coefficient (Wildman–Crippen LogP) is 2.46. The van der Waals surface area contributed by atoms with E-state index < -0.39 is 43.2 Å². The average Bonchev–Trinajstić information content (AvgIpc) is 3.29. The molecule has 0 saturated carbocycles. The Balaban J connectivity index is 1.62. The van der Waals surface area contributed by atoms with Gasteiger partial charge in [-0.15, -0.1) is 11.3 Å². The number of aryl methyl sites for hydroxylation is 1. The predicted molar refractivity (Wildman–Crippen MR) is 118 cm³/mol. The maximum absolute atomic E-state index is 13.2. The molecule has 2 heterocycles. The normalized spacial score (nSPS) is 26.8. The molecule has 0 spiro atoms. The van der Waals surface area contributed by atoms with Crippen LogP contribution in [0.4, 0.5) is 4.39 Å². The number of aliphatic hydroxyl groups is 5. The first kappa shape index (κ1) is 23.0. The van der Waals surface area contributed by atoms with Crippen LogP contribution in [0.3, 0.4) is 0 Å². The molecule has 0 radical (unpaired) electrons. The highest BCUT2D eigenvalue weighted by molar-refractivity contribution is 7.15. The molecule has 0 aliphatic carbocycles. The monoisotopic (exact) mass is 460 g/mol. The minimum atomic E-state index is -1.48. The minimum absolute atomic E-state index is 0.314. The fourth-order valence-corrected chi connectivity index (χ4v) is 4.95. The van der Waals surface area contributed by atoms with E-state index in [-0.39, 0.29) is 5.82 Å². The van der Waals surface area contributed by atoms with Gasteiger partial charge in [0.1, 0.15) is 42.4 Å². The fraction of sp³-hybridized carbons (Fsp3) is 0.333. The number of thiophene rings is 1. The van der Waals surface area contributed by atoms with Gasteiger partial charge in [-0.1, -0.05) is 24.3 Å². The number of halogens is 1. The molecule has 0 amide bonds. The maximum atomic E-state index is 13.2. The second kappa shape index (κ2) is 9.36. The Bertz CT molecular complexity index is 1070. The van der Waals surface area contributed by atoms with E-state index in [1.807, 2.05) is 19.1 Å². The molecular weight excluding hydrogens is 435 g/mol. The SMILES string of the molecule is Cc1ccc([C@@H]2O[C@H](CO)[C@@H](O)[C@H](O)[C@H]2O)cc1C(O)c1ccc(-c2ccc(F)cc2)s1. The van der Waals surface area contributed by atoms with Gasteiger partial charge in [0.05, 0.1) is 6.61 Å². The van der Waals surface area contributed by atoms with Crippen molar-refractivity contribution in [3.8, 4) is 10.4 Å². The Kier molecular flexibility index (Phi) is 6.73. The Hall–Kier alpha value is -2.17. The Morgan fingerprint density at radius 1 is 0.969 bits per heavy atom. The summed E-state index contributed by atoms with van der Waals surface area (Å²) in [4.78, 5) is 1.58. The first-order chi connectivity index (χ1) is 15.3.